The molecule has 2 rings (SSSR count). The van der Waals surface area contributed by atoms with Crippen LogP contribution in [-0.4, -0.2) is 24.5 Å². The van der Waals surface area contributed by atoms with Crippen molar-refractivity contribution in [3.05, 3.63) is 65.2 Å². The number of halogens is 2. The van der Waals surface area contributed by atoms with Gasteiger partial charge in [0.05, 0.1) is 11.7 Å². The van der Waals surface area contributed by atoms with Gasteiger partial charge in [0.25, 0.3) is 5.91 Å². The Bertz CT molecular complexity index is 808. The van der Waals surface area contributed by atoms with Crippen molar-refractivity contribution in [1.82, 2.24) is 10.6 Å². The van der Waals surface area contributed by atoms with Crippen molar-refractivity contribution >= 4 is 11.8 Å². The lowest BCUT2D eigenvalue weighted by molar-refractivity contribution is -0.121. The molecule has 2 aromatic carbocycles. The number of benzene rings is 2. The molecule has 0 saturated carbocycles. The van der Waals surface area contributed by atoms with E-state index in [9.17, 15) is 18.4 Å². The summed E-state index contributed by atoms with van der Waals surface area (Å²) >= 11 is 0. The van der Waals surface area contributed by atoms with Crippen LogP contribution in [0.3, 0.4) is 0 Å². The van der Waals surface area contributed by atoms with E-state index in [0.29, 0.717) is 19.0 Å². The Hall–Kier alpha value is -2.96. The lowest BCUT2D eigenvalue weighted by atomic mass is 10.2. The molecule has 0 fully saturated rings. The highest BCUT2D eigenvalue weighted by Crippen LogP contribution is 2.13. The molecule has 0 atom stereocenters. The quantitative estimate of drug-likeness (QED) is 0.643. The zero-order valence-electron chi connectivity index (χ0n) is 15.9. The molecular weight excluding hydrogens is 366 g/mol. The first kappa shape index (κ1) is 21.3. The average Bonchev–Trinajstić information content (AvgIpc) is 2.64. The van der Waals surface area contributed by atoms with E-state index in [1.54, 1.807) is 0 Å². The molecular formula is C21H24F2N2O3. The van der Waals surface area contributed by atoms with Crippen LogP contribution in [0.2, 0.25) is 0 Å². The number of nitrogens with one attached hydrogen (secondary N) is 2. The molecule has 7 heteroatoms. The predicted octanol–water partition coefficient (Wildman–Crippen LogP) is 3.58. The maximum Gasteiger partial charge on any atom is 0.254 e. The van der Waals surface area contributed by atoms with Crippen molar-refractivity contribution < 1.29 is 23.1 Å². The van der Waals surface area contributed by atoms with Crippen LogP contribution in [0.4, 0.5) is 8.78 Å². The fourth-order valence-electron chi connectivity index (χ4n) is 2.47. The zero-order valence-corrected chi connectivity index (χ0v) is 15.9. The average molecular weight is 390 g/mol. The van der Waals surface area contributed by atoms with Crippen LogP contribution < -0.4 is 15.4 Å². The van der Waals surface area contributed by atoms with E-state index >= 15 is 0 Å². The highest BCUT2D eigenvalue weighted by atomic mass is 19.1. The lowest BCUT2D eigenvalue weighted by Gasteiger charge is -2.10. The second kappa shape index (κ2) is 10.4. The summed E-state index contributed by atoms with van der Waals surface area (Å²) in [4.78, 5) is 23.7. The van der Waals surface area contributed by atoms with Gasteiger partial charge in [-0.1, -0.05) is 12.1 Å². The third kappa shape index (κ3) is 6.98. The van der Waals surface area contributed by atoms with E-state index in [4.69, 9.17) is 4.74 Å². The molecule has 150 valence electrons. The predicted molar refractivity (Wildman–Crippen MR) is 102 cm³/mol. The molecule has 2 amide bonds. The highest BCUT2D eigenvalue weighted by molar-refractivity contribution is 5.94. The van der Waals surface area contributed by atoms with Crippen LogP contribution in [0, 0.1) is 11.6 Å². The van der Waals surface area contributed by atoms with E-state index in [1.165, 1.54) is 0 Å². The summed E-state index contributed by atoms with van der Waals surface area (Å²) in [6, 6.07) is 10.2. The number of amides is 2. The monoisotopic (exact) mass is 390 g/mol. The van der Waals surface area contributed by atoms with Crippen molar-refractivity contribution in [2.45, 2.75) is 39.3 Å². The summed E-state index contributed by atoms with van der Waals surface area (Å²) in [5, 5.41) is 5.32. The Morgan fingerprint density at radius 1 is 1.04 bits per heavy atom. The number of carbonyl (C=O) groups excluding carboxylic acids is 2. The Balaban J connectivity index is 1.66. The molecule has 5 nitrogen and oxygen atoms in total. The maximum atomic E-state index is 13.5. The van der Waals surface area contributed by atoms with Gasteiger partial charge in [-0.15, -0.1) is 0 Å². The molecule has 2 N–H and O–H groups in total. The topological polar surface area (TPSA) is 67.4 Å². The molecule has 0 heterocycles. The Morgan fingerprint density at radius 3 is 2.39 bits per heavy atom. The van der Waals surface area contributed by atoms with Crippen molar-refractivity contribution in [3.8, 4) is 5.75 Å². The smallest absolute Gasteiger partial charge is 0.254 e. The summed E-state index contributed by atoms with van der Waals surface area (Å²) in [7, 11) is 0. The summed E-state index contributed by atoms with van der Waals surface area (Å²) in [6.45, 7) is 4.51. The summed E-state index contributed by atoms with van der Waals surface area (Å²) < 4.78 is 31.9. The van der Waals surface area contributed by atoms with Crippen molar-refractivity contribution in [2.75, 3.05) is 6.54 Å². The number of hydrogen-bond donors (Lipinski definition) is 2. The van der Waals surface area contributed by atoms with Crippen molar-refractivity contribution in [3.63, 3.8) is 0 Å². The number of hydrogen-bond acceptors (Lipinski definition) is 3. The maximum absolute atomic E-state index is 13.5. The van der Waals surface area contributed by atoms with E-state index in [-0.39, 0.29) is 30.5 Å². The normalized spacial score (nSPS) is 10.6. The number of rotatable bonds is 9. The first-order chi connectivity index (χ1) is 13.3. The molecule has 2 aromatic rings. The fourth-order valence-corrected chi connectivity index (χ4v) is 2.47. The van der Waals surface area contributed by atoms with E-state index in [2.05, 4.69) is 10.6 Å². The van der Waals surface area contributed by atoms with Gasteiger partial charge in [-0.25, -0.2) is 8.78 Å². The lowest BCUT2D eigenvalue weighted by Crippen LogP contribution is -2.28. The Morgan fingerprint density at radius 2 is 1.75 bits per heavy atom. The van der Waals surface area contributed by atoms with Gasteiger partial charge >= 0.3 is 0 Å². The minimum atomic E-state index is -0.917. The Labute approximate surface area is 163 Å². The van der Waals surface area contributed by atoms with Crippen molar-refractivity contribution in [2.24, 2.45) is 0 Å². The van der Waals surface area contributed by atoms with Gasteiger partial charge in [0.2, 0.25) is 5.91 Å². The molecule has 28 heavy (non-hydrogen) atoms. The molecule has 0 bridgehead atoms. The second-order valence-corrected chi connectivity index (χ2v) is 6.57. The molecule has 0 spiro atoms. The SMILES string of the molecule is CC(C)Oc1ccc(CNC(=O)CCCNC(=O)c2ccc(F)cc2F)cc1. The van der Waals surface area contributed by atoms with Crippen LogP contribution in [0.25, 0.3) is 0 Å². The van der Waals surface area contributed by atoms with Crippen LogP contribution >= 0.6 is 0 Å². The van der Waals surface area contributed by atoms with Gasteiger partial charge in [-0.2, -0.15) is 0 Å². The van der Waals surface area contributed by atoms with E-state index < -0.39 is 17.5 Å². The molecule has 0 unspecified atom stereocenters. The molecule has 0 radical (unpaired) electrons. The first-order valence-electron chi connectivity index (χ1n) is 9.10. The van der Waals surface area contributed by atoms with Crippen LogP contribution in [0.1, 0.15) is 42.6 Å². The zero-order chi connectivity index (χ0) is 20.5. The summed E-state index contributed by atoms with van der Waals surface area (Å²) in [5.41, 5.74) is 0.722. The minimum absolute atomic E-state index is 0.102. The third-order valence-electron chi connectivity index (χ3n) is 3.83. The third-order valence-corrected chi connectivity index (χ3v) is 3.83. The van der Waals surface area contributed by atoms with Gasteiger partial charge in [0, 0.05) is 25.6 Å². The number of carbonyl (C=O) groups is 2. The first-order valence-corrected chi connectivity index (χ1v) is 9.10. The highest BCUT2D eigenvalue weighted by Gasteiger charge is 2.12. The van der Waals surface area contributed by atoms with Gasteiger partial charge in [0.15, 0.2) is 0 Å². The van der Waals surface area contributed by atoms with Gasteiger partial charge in [-0.05, 0) is 50.1 Å². The van der Waals surface area contributed by atoms with E-state index in [1.807, 2.05) is 38.1 Å². The van der Waals surface area contributed by atoms with Crippen LogP contribution in [-0.2, 0) is 11.3 Å². The van der Waals surface area contributed by atoms with Gasteiger partial charge in [0.1, 0.15) is 17.4 Å². The largest absolute Gasteiger partial charge is 0.491 e. The molecule has 0 aliphatic rings. The van der Waals surface area contributed by atoms with Crippen molar-refractivity contribution in [1.29, 1.82) is 0 Å². The standard InChI is InChI=1S/C21H24F2N2O3/c1-14(2)28-17-8-5-15(6-9-17)13-25-20(26)4-3-11-24-21(27)18-10-7-16(22)12-19(18)23/h5-10,12,14H,3-4,11,13H2,1-2H3,(H,24,27)(H,25,26). The number of ether oxygens (including phenoxy) is 1. The minimum Gasteiger partial charge on any atom is -0.491 e. The van der Waals surface area contributed by atoms with E-state index in [0.717, 1.165) is 23.4 Å². The van der Waals surface area contributed by atoms with Crippen LogP contribution in [0.5, 0.6) is 5.75 Å². The second-order valence-electron chi connectivity index (χ2n) is 6.57. The molecule has 0 aliphatic heterocycles. The molecule has 0 aromatic heterocycles. The fraction of sp³-hybridized carbons (Fsp3) is 0.333. The Kier molecular flexibility index (Phi) is 7.92. The molecule has 0 saturated heterocycles. The molecule has 0 aliphatic carbocycles. The van der Waals surface area contributed by atoms with Gasteiger partial charge < -0.3 is 15.4 Å². The van der Waals surface area contributed by atoms with Crippen LogP contribution in [0.15, 0.2) is 42.5 Å². The summed E-state index contributed by atoms with van der Waals surface area (Å²) in [6.07, 6.45) is 0.730. The van der Waals surface area contributed by atoms with Gasteiger partial charge in [-0.3, -0.25) is 9.59 Å². The summed E-state index contributed by atoms with van der Waals surface area (Å²) in [5.74, 6) is -1.67.